The number of nitrogens with one attached hydrogen (secondary N) is 1. The minimum Gasteiger partial charge on any atom is -0.497 e. The Hall–Kier alpha value is -3.27. The number of anilines is 1. The molecule has 0 heterocycles. The Bertz CT molecular complexity index is 723. The molecule has 23 heavy (non-hydrogen) atoms. The molecule has 0 aliphatic carbocycles. The second-order valence-electron chi connectivity index (χ2n) is 4.55. The molecule has 0 radical (unpaired) electrons. The topological polar surface area (TPSA) is 97.4 Å². The van der Waals surface area contributed by atoms with Gasteiger partial charge in [0.05, 0.1) is 23.3 Å². The molecule has 2 aromatic rings. The lowest BCUT2D eigenvalue weighted by Gasteiger charge is -2.10. The summed E-state index contributed by atoms with van der Waals surface area (Å²) in [5, 5.41) is 22.8. The van der Waals surface area contributed by atoms with Crippen LogP contribution >= 0.6 is 0 Å². The molecule has 0 aliphatic rings. The number of non-ortho nitro benzene ring substituents is 1. The van der Waals surface area contributed by atoms with Crippen molar-refractivity contribution < 1.29 is 14.4 Å². The molecule has 0 fully saturated rings. The van der Waals surface area contributed by atoms with Gasteiger partial charge in [0.25, 0.3) is 5.69 Å². The van der Waals surface area contributed by atoms with Gasteiger partial charge in [0.1, 0.15) is 24.2 Å². The van der Waals surface area contributed by atoms with Crippen LogP contribution in [-0.2, 0) is 0 Å². The molecule has 0 aromatic heterocycles. The molecule has 2 rings (SSSR count). The fraction of sp³-hybridized carbons (Fsp3) is 0.188. The predicted molar refractivity (Wildman–Crippen MR) is 84.8 cm³/mol. The highest BCUT2D eigenvalue weighted by Crippen LogP contribution is 2.21. The fourth-order valence-corrected chi connectivity index (χ4v) is 1.92. The van der Waals surface area contributed by atoms with E-state index in [0.717, 1.165) is 5.75 Å². The van der Waals surface area contributed by atoms with Crippen LogP contribution in [0, 0.1) is 21.4 Å². The van der Waals surface area contributed by atoms with Gasteiger partial charge in [-0.3, -0.25) is 10.1 Å². The van der Waals surface area contributed by atoms with Crippen molar-refractivity contribution in [2.24, 2.45) is 0 Å². The summed E-state index contributed by atoms with van der Waals surface area (Å²) in [7, 11) is 1.59. The van der Waals surface area contributed by atoms with Gasteiger partial charge in [-0.05, 0) is 30.3 Å². The van der Waals surface area contributed by atoms with Crippen LogP contribution in [0.15, 0.2) is 42.5 Å². The molecule has 0 amide bonds. The van der Waals surface area contributed by atoms with Crippen LogP contribution in [0.1, 0.15) is 5.56 Å². The SMILES string of the molecule is COc1ccc(OCCNc2ccc([N+](=O)[O-])cc2C#N)cc1. The molecule has 7 heteroatoms. The number of ether oxygens (including phenoxy) is 2. The first-order chi connectivity index (χ1) is 11.1. The van der Waals surface area contributed by atoms with Crippen LogP contribution in [0.4, 0.5) is 11.4 Å². The average molecular weight is 313 g/mol. The minimum atomic E-state index is -0.530. The van der Waals surface area contributed by atoms with E-state index < -0.39 is 4.92 Å². The molecular formula is C16H15N3O4. The summed E-state index contributed by atoms with van der Waals surface area (Å²) in [6, 6.07) is 13.2. The van der Waals surface area contributed by atoms with E-state index in [1.807, 2.05) is 6.07 Å². The van der Waals surface area contributed by atoms with Gasteiger partial charge < -0.3 is 14.8 Å². The number of hydrogen-bond donors (Lipinski definition) is 1. The van der Waals surface area contributed by atoms with Gasteiger partial charge in [-0.2, -0.15) is 5.26 Å². The number of methoxy groups -OCH3 is 1. The van der Waals surface area contributed by atoms with Crippen molar-refractivity contribution in [2.45, 2.75) is 0 Å². The molecule has 0 saturated heterocycles. The summed E-state index contributed by atoms with van der Waals surface area (Å²) < 4.78 is 10.6. The average Bonchev–Trinajstić information content (AvgIpc) is 2.59. The van der Waals surface area contributed by atoms with E-state index in [1.54, 1.807) is 31.4 Å². The van der Waals surface area contributed by atoms with Crippen LogP contribution in [0.5, 0.6) is 11.5 Å². The summed E-state index contributed by atoms with van der Waals surface area (Å²) in [5.41, 5.74) is 0.654. The van der Waals surface area contributed by atoms with E-state index in [1.165, 1.54) is 18.2 Å². The maximum Gasteiger partial charge on any atom is 0.270 e. The minimum absolute atomic E-state index is 0.110. The Kier molecular flexibility index (Phi) is 5.36. The van der Waals surface area contributed by atoms with Crippen molar-refractivity contribution in [2.75, 3.05) is 25.6 Å². The third kappa shape index (κ3) is 4.35. The van der Waals surface area contributed by atoms with Crippen molar-refractivity contribution in [3.8, 4) is 17.6 Å². The second-order valence-corrected chi connectivity index (χ2v) is 4.55. The Morgan fingerprint density at radius 1 is 1.22 bits per heavy atom. The molecule has 2 aromatic carbocycles. The quantitative estimate of drug-likeness (QED) is 0.479. The van der Waals surface area contributed by atoms with Gasteiger partial charge in [0, 0.05) is 18.7 Å². The van der Waals surface area contributed by atoms with Crippen molar-refractivity contribution in [3.05, 3.63) is 58.1 Å². The molecule has 0 spiro atoms. The normalized spacial score (nSPS) is 9.74. The van der Waals surface area contributed by atoms with Crippen molar-refractivity contribution >= 4 is 11.4 Å². The number of nitro benzene ring substituents is 1. The van der Waals surface area contributed by atoms with E-state index in [9.17, 15) is 10.1 Å². The maximum absolute atomic E-state index is 10.7. The first-order valence-electron chi connectivity index (χ1n) is 6.83. The van der Waals surface area contributed by atoms with E-state index in [2.05, 4.69) is 5.32 Å². The summed E-state index contributed by atoms with van der Waals surface area (Å²) in [5.74, 6) is 1.46. The summed E-state index contributed by atoms with van der Waals surface area (Å²) >= 11 is 0. The molecule has 0 aliphatic heterocycles. The second kappa shape index (κ2) is 7.66. The van der Waals surface area contributed by atoms with Gasteiger partial charge in [-0.25, -0.2) is 0 Å². The Morgan fingerprint density at radius 3 is 2.52 bits per heavy atom. The lowest BCUT2D eigenvalue weighted by atomic mass is 10.1. The molecule has 7 nitrogen and oxygen atoms in total. The lowest BCUT2D eigenvalue weighted by Crippen LogP contribution is -2.12. The molecule has 118 valence electrons. The van der Waals surface area contributed by atoms with Crippen molar-refractivity contribution in [3.63, 3.8) is 0 Å². The summed E-state index contributed by atoms with van der Waals surface area (Å²) in [6.07, 6.45) is 0. The number of nitro groups is 1. The zero-order valence-corrected chi connectivity index (χ0v) is 12.5. The molecule has 0 saturated carbocycles. The monoisotopic (exact) mass is 313 g/mol. The highest BCUT2D eigenvalue weighted by molar-refractivity contribution is 5.61. The Balaban J connectivity index is 1.88. The van der Waals surface area contributed by atoms with Crippen LogP contribution in [0.3, 0.4) is 0 Å². The third-order valence-electron chi connectivity index (χ3n) is 3.08. The molecule has 0 bridgehead atoms. The van der Waals surface area contributed by atoms with E-state index >= 15 is 0 Å². The number of nitrogens with zero attached hydrogens (tertiary/aromatic N) is 2. The highest BCUT2D eigenvalue weighted by Gasteiger charge is 2.10. The third-order valence-corrected chi connectivity index (χ3v) is 3.08. The summed E-state index contributed by atoms with van der Waals surface area (Å²) in [4.78, 5) is 10.2. The first kappa shape index (κ1) is 16.1. The zero-order chi connectivity index (χ0) is 16.7. The number of nitriles is 1. The largest absolute Gasteiger partial charge is 0.497 e. The van der Waals surface area contributed by atoms with Crippen LogP contribution < -0.4 is 14.8 Å². The Labute approximate surface area is 133 Å². The summed E-state index contributed by atoms with van der Waals surface area (Å²) in [6.45, 7) is 0.840. The van der Waals surface area contributed by atoms with Crippen LogP contribution in [-0.4, -0.2) is 25.2 Å². The van der Waals surface area contributed by atoms with Gasteiger partial charge in [-0.15, -0.1) is 0 Å². The number of benzene rings is 2. The molecule has 1 N–H and O–H groups in total. The molecule has 0 unspecified atom stereocenters. The van der Waals surface area contributed by atoms with Crippen molar-refractivity contribution in [1.82, 2.24) is 0 Å². The molecular weight excluding hydrogens is 298 g/mol. The van der Waals surface area contributed by atoms with Crippen LogP contribution in [0.25, 0.3) is 0 Å². The molecule has 0 atom stereocenters. The van der Waals surface area contributed by atoms with E-state index in [-0.39, 0.29) is 11.3 Å². The van der Waals surface area contributed by atoms with Gasteiger partial charge in [0.15, 0.2) is 0 Å². The Morgan fingerprint density at radius 2 is 1.91 bits per heavy atom. The van der Waals surface area contributed by atoms with Gasteiger partial charge >= 0.3 is 0 Å². The predicted octanol–water partition coefficient (Wildman–Crippen LogP) is 2.97. The maximum atomic E-state index is 10.7. The number of rotatable bonds is 7. The standard InChI is InChI=1S/C16H15N3O4/c1-22-14-3-5-15(6-4-14)23-9-8-18-16-7-2-13(19(20)21)10-12(16)11-17/h2-7,10,18H,8-9H2,1H3. The first-order valence-corrected chi connectivity index (χ1v) is 6.83. The van der Waals surface area contributed by atoms with Crippen molar-refractivity contribution in [1.29, 1.82) is 5.26 Å². The smallest absolute Gasteiger partial charge is 0.270 e. The van der Waals surface area contributed by atoms with E-state index in [0.29, 0.717) is 24.6 Å². The number of hydrogen-bond acceptors (Lipinski definition) is 6. The zero-order valence-electron chi connectivity index (χ0n) is 12.5. The van der Waals surface area contributed by atoms with Gasteiger partial charge in [-0.1, -0.05) is 0 Å². The van der Waals surface area contributed by atoms with Gasteiger partial charge in [0.2, 0.25) is 0 Å². The fourth-order valence-electron chi connectivity index (χ4n) is 1.92. The van der Waals surface area contributed by atoms with E-state index in [4.69, 9.17) is 14.7 Å². The highest BCUT2D eigenvalue weighted by atomic mass is 16.6. The lowest BCUT2D eigenvalue weighted by molar-refractivity contribution is -0.384. The van der Waals surface area contributed by atoms with Crippen LogP contribution in [0.2, 0.25) is 0 Å².